The summed E-state index contributed by atoms with van der Waals surface area (Å²) in [5.74, 6) is 1.61. The number of amides is 1. The van der Waals surface area contributed by atoms with Gasteiger partial charge in [0.15, 0.2) is 11.5 Å². The van der Waals surface area contributed by atoms with Gasteiger partial charge in [0.25, 0.3) is 5.95 Å². The summed E-state index contributed by atoms with van der Waals surface area (Å²) in [6.07, 6.45) is 6.13. The summed E-state index contributed by atoms with van der Waals surface area (Å²) >= 11 is 0. The van der Waals surface area contributed by atoms with Gasteiger partial charge in [0.1, 0.15) is 0 Å². The lowest BCUT2D eigenvalue weighted by molar-refractivity contribution is -0.111. The monoisotopic (exact) mass is 423 g/mol. The highest BCUT2D eigenvalue weighted by molar-refractivity contribution is 6.01. The molecule has 3 aromatic rings. The number of rotatable bonds is 7. The maximum Gasteiger partial charge on any atom is 0.250 e. The fourth-order valence-electron chi connectivity index (χ4n) is 2.96. The predicted octanol–water partition coefficient (Wildman–Crippen LogP) is 3.27. The first-order chi connectivity index (χ1) is 14.9. The number of aromatic nitrogens is 4. The van der Waals surface area contributed by atoms with Gasteiger partial charge in [-0.15, -0.1) is 0 Å². The van der Waals surface area contributed by atoms with Crippen molar-refractivity contribution in [2.75, 3.05) is 26.6 Å². The van der Waals surface area contributed by atoms with Crippen LogP contribution >= 0.6 is 0 Å². The van der Waals surface area contributed by atoms with Crippen LogP contribution in [0.4, 0.5) is 5.69 Å². The molecule has 1 N–H and O–H groups in total. The van der Waals surface area contributed by atoms with Crippen molar-refractivity contribution in [3.63, 3.8) is 0 Å². The Morgan fingerprint density at radius 1 is 1.00 bits per heavy atom. The highest BCUT2D eigenvalue weighted by Gasteiger charge is 2.13. The van der Waals surface area contributed by atoms with E-state index in [9.17, 15) is 4.79 Å². The van der Waals surface area contributed by atoms with Gasteiger partial charge in [-0.3, -0.25) is 4.79 Å². The summed E-state index contributed by atoms with van der Waals surface area (Å²) in [4.78, 5) is 20.9. The highest BCUT2D eigenvalue weighted by atomic mass is 16.5. The zero-order valence-electron chi connectivity index (χ0n) is 18.4. The molecule has 31 heavy (non-hydrogen) atoms. The first kappa shape index (κ1) is 21.8. The summed E-state index contributed by atoms with van der Waals surface area (Å²) in [6, 6.07) is 3.50. The molecule has 0 radical (unpaired) electrons. The van der Waals surface area contributed by atoms with E-state index in [-0.39, 0.29) is 5.91 Å². The van der Waals surface area contributed by atoms with E-state index in [1.807, 2.05) is 20.8 Å². The number of benzene rings is 1. The van der Waals surface area contributed by atoms with E-state index in [1.165, 1.54) is 27.4 Å². The zero-order valence-corrected chi connectivity index (χ0v) is 18.4. The summed E-state index contributed by atoms with van der Waals surface area (Å²) in [7, 11) is 4.61. The van der Waals surface area contributed by atoms with E-state index >= 15 is 0 Å². The largest absolute Gasteiger partial charge is 0.493 e. The normalized spacial score (nSPS) is 10.9. The lowest BCUT2D eigenvalue weighted by atomic mass is 10.1. The van der Waals surface area contributed by atoms with Crippen LogP contribution < -0.4 is 19.5 Å². The molecule has 3 rings (SSSR count). The van der Waals surface area contributed by atoms with E-state index in [0.29, 0.717) is 28.9 Å². The molecule has 0 aliphatic rings. The minimum Gasteiger partial charge on any atom is -0.493 e. The molecule has 0 saturated carbocycles. The number of methoxy groups -OCH3 is 3. The number of ether oxygens (including phenoxy) is 3. The van der Waals surface area contributed by atoms with Crippen LogP contribution in [0.3, 0.4) is 0 Å². The van der Waals surface area contributed by atoms with Crippen LogP contribution in [0.1, 0.15) is 22.5 Å². The Kier molecular flexibility index (Phi) is 6.54. The number of anilines is 1. The van der Waals surface area contributed by atoms with Gasteiger partial charge in [-0.2, -0.15) is 5.10 Å². The fraction of sp³-hybridized carbons (Fsp3) is 0.273. The molecule has 162 valence electrons. The van der Waals surface area contributed by atoms with Crippen molar-refractivity contribution in [1.29, 1.82) is 0 Å². The van der Waals surface area contributed by atoms with Crippen LogP contribution in [-0.4, -0.2) is 47.0 Å². The number of hydrogen-bond donors (Lipinski definition) is 1. The summed E-state index contributed by atoms with van der Waals surface area (Å²) in [6.45, 7) is 5.90. The van der Waals surface area contributed by atoms with Gasteiger partial charge >= 0.3 is 0 Å². The molecule has 2 aromatic heterocycles. The van der Waals surface area contributed by atoms with E-state index in [2.05, 4.69) is 20.4 Å². The number of hydrogen-bond acceptors (Lipinski definition) is 7. The average Bonchev–Trinajstić information content (AvgIpc) is 3.04. The average molecular weight is 423 g/mol. The lowest BCUT2D eigenvalue weighted by Crippen LogP contribution is -2.10. The standard InChI is InChI=1S/C22H25N5O4/c1-13-14(2)26-27(15(13)3)22-23-11-17(12-24-22)25-20(28)8-7-16-9-18(29-4)21(31-6)19(10-16)30-5/h7-12H,1-6H3,(H,25,28)/b8-7+. The van der Waals surface area contributed by atoms with Crippen molar-refractivity contribution < 1.29 is 19.0 Å². The Hall–Kier alpha value is -3.88. The molecular weight excluding hydrogens is 398 g/mol. The van der Waals surface area contributed by atoms with Crippen LogP contribution in [-0.2, 0) is 4.79 Å². The van der Waals surface area contributed by atoms with Gasteiger partial charge in [-0.05, 0) is 50.1 Å². The van der Waals surface area contributed by atoms with Gasteiger partial charge in [-0.1, -0.05) is 0 Å². The summed E-state index contributed by atoms with van der Waals surface area (Å²) in [5, 5.41) is 7.17. The summed E-state index contributed by atoms with van der Waals surface area (Å²) < 4.78 is 17.6. The van der Waals surface area contributed by atoms with Gasteiger partial charge in [0, 0.05) is 11.8 Å². The van der Waals surface area contributed by atoms with E-state index < -0.39 is 0 Å². The first-order valence-electron chi connectivity index (χ1n) is 9.52. The molecule has 0 aliphatic heterocycles. The molecule has 0 unspecified atom stereocenters. The molecular formula is C22H25N5O4. The van der Waals surface area contributed by atoms with E-state index in [0.717, 1.165) is 22.5 Å². The molecule has 9 heteroatoms. The molecule has 0 aliphatic carbocycles. The molecule has 0 atom stereocenters. The minimum absolute atomic E-state index is 0.327. The second-order valence-electron chi connectivity index (χ2n) is 6.76. The number of nitrogens with one attached hydrogen (secondary N) is 1. The molecule has 0 bridgehead atoms. The second kappa shape index (κ2) is 9.29. The fourth-order valence-corrected chi connectivity index (χ4v) is 2.96. The maximum atomic E-state index is 12.3. The minimum atomic E-state index is -0.327. The molecule has 1 aromatic carbocycles. The molecule has 1 amide bonds. The Morgan fingerprint density at radius 2 is 1.61 bits per heavy atom. The van der Waals surface area contributed by atoms with Crippen molar-refractivity contribution in [3.05, 3.63) is 53.1 Å². The van der Waals surface area contributed by atoms with Gasteiger partial charge < -0.3 is 19.5 Å². The molecule has 9 nitrogen and oxygen atoms in total. The van der Waals surface area contributed by atoms with Crippen LogP contribution in [0.15, 0.2) is 30.6 Å². The Balaban J connectivity index is 1.72. The van der Waals surface area contributed by atoms with Crippen LogP contribution in [0.5, 0.6) is 17.2 Å². The smallest absolute Gasteiger partial charge is 0.250 e. The first-order valence-corrected chi connectivity index (χ1v) is 9.52. The predicted molar refractivity (Wildman–Crippen MR) is 117 cm³/mol. The Labute approximate surface area is 180 Å². The number of aryl methyl sites for hydroxylation is 1. The number of nitrogens with zero attached hydrogens (tertiary/aromatic N) is 4. The molecule has 0 saturated heterocycles. The second-order valence-corrected chi connectivity index (χ2v) is 6.76. The zero-order chi connectivity index (χ0) is 22.5. The third-order valence-corrected chi connectivity index (χ3v) is 4.86. The molecule has 0 spiro atoms. The van der Waals surface area contributed by atoms with Crippen LogP contribution in [0, 0.1) is 20.8 Å². The van der Waals surface area contributed by atoms with Crippen molar-refractivity contribution in [2.24, 2.45) is 0 Å². The van der Waals surface area contributed by atoms with E-state index in [4.69, 9.17) is 14.2 Å². The topological polar surface area (TPSA) is 100 Å². The van der Waals surface area contributed by atoms with Crippen molar-refractivity contribution in [2.45, 2.75) is 20.8 Å². The Bertz CT molecular complexity index is 1090. The third-order valence-electron chi connectivity index (χ3n) is 4.86. The summed E-state index contributed by atoms with van der Waals surface area (Å²) in [5.41, 5.74) is 4.19. The molecule has 2 heterocycles. The van der Waals surface area contributed by atoms with Crippen LogP contribution in [0.25, 0.3) is 12.0 Å². The number of carbonyl (C=O) groups excluding carboxylic acids is 1. The maximum absolute atomic E-state index is 12.3. The van der Waals surface area contributed by atoms with E-state index in [1.54, 1.807) is 35.3 Å². The lowest BCUT2D eigenvalue weighted by Gasteiger charge is -2.12. The van der Waals surface area contributed by atoms with Crippen molar-refractivity contribution >= 4 is 17.7 Å². The van der Waals surface area contributed by atoms with Crippen molar-refractivity contribution in [1.82, 2.24) is 19.7 Å². The van der Waals surface area contributed by atoms with Gasteiger partial charge in [0.05, 0.1) is 45.1 Å². The third kappa shape index (κ3) is 4.66. The highest BCUT2D eigenvalue weighted by Crippen LogP contribution is 2.38. The number of carbonyl (C=O) groups is 1. The van der Waals surface area contributed by atoms with Crippen molar-refractivity contribution in [3.8, 4) is 23.2 Å². The molecule has 0 fully saturated rings. The van der Waals surface area contributed by atoms with Crippen LogP contribution in [0.2, 0.25) is 0 Å². The quantitative estimate of drug-likeness (QED) is 0.582. The SMILES string of the molecule is COc1cc(/C=C/C(=O)Nc2cnc(-n3nc(C)c(C)c3C)nc2)cc(OC)c1OC. The Morgan fingerprint density at radius 3 is 2.10 bits per heavy atom. The van der Waals surface area contributed by atoms with Gasteiger partial charge in [-0.25, -0.2) is 14.6 Å². The van der Waals surface area contributed by atoms with Gasteiger partial charge in [0.2, 0.25) is 11.7 Å².